The average Bonchev–Trinajstić information content (AvgIpc) is 2.59. The van der Waals surface area contributed by atoms with Gasteiger partial charge < -0.3 is 10.4 Å². The fourth-order valence-corrected chi connectivity index (χ4v) is 1.24. The highest BCUT2D eigenvalue weighted by Crippen LogP contribution is 2.09. The Balaban J connectivity index is 2.21. The largest absolute Gasteiger partial charge is 0.481 e. The number of hydrogen-bond donors (Lipinski definition) is 3. The number of carbonyl (C=O) groups excluding carboxylic acids is 1. The molecule has 0 spiro atoms. The lowest BCUT2D eigenvalue weighted by Gasteiger charge is -2.02. The number of aryl methyl sites for hydroxylation is 1. The lowest BCUT2D eigenvalue weighted by atomic mass is 10.2. The van der Waals surface area contributed by atoms with Crippen molar-refractivity contribution in [1.29, 1.82) is 0 Å². The number of rotatable bonds is 6. The van der Waals surface area contributed by atoms with Crippen molar-refractivity contribution in [2.24, 2.45) is 0 Å². The van der Waals surface area contributed by atoms with Crippen LogP contribution in [-0.4, -0.2) is 27.2 Å². The SMILES string of the molecule is Cc1cn[nH]c1NC(=O)CCCCC(=O)O. The van der Waals surface area contributed by atoms with Crippen molar-refractivity contribution >= 4 is 17.7 Å². The van der Waals surface area contributed by atoms with E-state index in [1.807, 2.05) is 6.92 Å². The normalized spacial score (nSPS) is 10.1. The average molecular weight is 225 g/mol. The first kappa shape index (κ1) is 12.2. The molecule has 6 heteroatoms. The van der Waals surface area contributed by atoms with Gasteiger partial charge in [-0.1, -0.05) is 0 Å². The summed E-state index contributed by atoms with van der Waals surface area (Å²) in [4.78, 5) is 21.6. The topological polar surface area (TPSA) is 95.1 Å². The first-order chi connectivity index (χ1) is 7.59. The third kappa shape index (κ3) is 4.12. The monoisotopic (exact) mass is 225 g/mol. The molecule has 0 fully saturated rings. The molecule has 88 valence electrons. The summed E-state index contributed by atoms with van der Waals surface area (Å²) in [6.45, 7) is 1.84. The molecule has 1 aromatic rings. The second-order valence-corrected chi connectivity index (χ2v) is 3.58. The zero-order chi connectivity index (χ0) is 12.0. The van der Waals surface area contributed by atoms with Crippen molar-refractivity contribution in [3.05, 3.63) is 11.8 Å². The molecule has 0 bridgehead atoms. The molecule has 1 heterocycles. The zero-order valence-corrected chi connectivity index (χ0v) is 9.12. The predicted molar refractivity (Wildman–Crippen MR) is 58.1 cm³/mol. The van der Waals surface area contributed by atoms with Crippen LogP contribution in [0.3, 0.4) is 0 Å². The van der Waals surface area contributed by atoms with Gasteiger partial charge in [-0.25, -0.2) is 0 Å². The summed E-state index contributed by atoms with van der Waals surface area (Å²) < 4.78 is 0. The van der Waals surface area contributed by atoms with Gasteiger partial charge in [0.15, 0.2) is 0 Å². The standard InChI is InChI=1S/C10H15N3O3/c1-7-6-11-13-10(7)12-8(14)4-2-3-5-9(15)16/h6H,2-5H2,1H3,(H,15,16)(H2,11,12,13,14). The predicted octanol–water partition coefficient (Wildman–Crippen LogP) is 1.30. The minimum atomic E-state index is -0.829. The minimum Gasteiger partial charge on any atom is -0.481 e. The molecule has 1 aromatic heterocycles. The van der Waals surface area contributed by atoms with E-state index in [4.69, 9.17) is 5.11 Å². The van der Waals surface area contributed by atoms with Crippen LogP contribution in [0.15, 0.2) is 6.20 Å². The Labute approximate surface area is 93.1 Å². The number of unbranched alkanes of at least 4 members (excludes halogenated alkanes) is 1. The Morgan fingerprint density at radius 2 is 2.12 bits per heavy atom. The summed E-state index contributed by atoms with van der Waals surface area (Å²) in [6, 6.07) is 0. The maximum Gasteiger partial charge on any atom is 0.303 e. The third-order valence-electron chi connectivity index (χ3n) is 2.14. The van der Waals surface area contributed by atoms with E-state index in [9.17, 15) is 9.59 Å². The number of carbonyl (C=O) groups is 2. The van der Waals surface area contributed by atoms with Crippen LogP contribution in [0.5, 0.6) is 0 Å². The van der Waals surface area contributed by atoms with Gasteiger partial charge in [0.25, 0.3) is 0 Å². The van der Waals surface area contributed by atoms with E-state index in [0.717, 1.165) is 5.56 Å². The van der Waals surface area contributed by atoms with Crippen molar-refractivity contribution in [2.75, 3.05) is 5.32 Å². The molecular weight excluding hydrogens is 210 g/mol. The highest BCUT2D eigenvalue weighted by atomic mass is 16.4. The summed E-state index contributed by atoms with van der Waals surface area (Å²) in [6.07, 6.45) is 3.15. The van der Waals surface area contributed by atoms with Crippen LogP contribution in [0.4, 0.5) is 5.82 Å². The molecule has 0 unspecified atom stereocenters. The summed E-state index contributed by atoms with van der Waals surface area (Å²) in [5.41, 5.74) is 0.874. The Bertz CT molecular complexity index is 373. The van der Waals surface area contributed by atoms with Crippen LogP contribution >= 0.6 is 0 Å². The lowest BCUT2D eigenvalue weighted by Crippen LogP contribution is -2.12. The third-order valence-corrected chi connectivity index (χ3v) is 2.14. The molecule has 0 radical (unpaired) electrons. The number of nitrogens with zero attached hydrogens (tertiary/aromatic N) is 1. The first-order valence-electron chi connectivity index (χ1n) is 5.11. The van der Waals surface area contributed by atoms with Crippen molar-refractivity contribution in [3.63, 3.8) is 0 Å². The van der Waals surface area contributed by atoms with Crippen LogP contribution in [-0.2, 0) is 9.59 Å². The van der Waals surface area contributed by atoms with Crippen LogP contribution in [0.2, 0.25) is 0 Å². The number of hydrogen-bond acceptors (Lipinski definition) is 3. The highest BCUT2D eigenvalue weighted by molar-refractivity contribution is 5.90. The van der Waals surface area contributed by atoms with Gasteiger partial charge in [0.05, 0.1) is 6.20 Å². The van der Waals surface area contributed by atoms with Gasteiger partial charge in [-0.05, 0) is 19.8 Å². The van der Waals surface area contributed by atoms with Crippen LogP contribution in [0.1, 0.15) is 31.2 Å². The summed E-state index contributed by atoms with van der Waals surface area (Å²) in [5.74, 6) is -0.356. The van der Waals surface area contributed by atoms with Crippen molar-refractivity contribution < 1.29 is 14.7 Å². The van der Waals surface area contributed by atoms with E-state index in [2.05, 4.69) is 15.5 Å². The number of anilines is 1. The van der Waals surface area contributed by atoms with E-state index >= 15 is 0 Å². The molecule has 0 saturated carbocycles. The van der Waals surface area contributed by atoms with Gasteiger partial charge in [0.2, 0.25) is 5.91 Å². The van der Waals surface area contributed by atoms with Gasteiger partial charge in [0.1, 0.15) is 5.82 Å². The zero-order valence-electron chi connectivity index (χ0n) is 9.12. The Kier molecular flexibility index (Phi) is 4.50. The molecule has 0 saturated heterocycles. The lowest BCUT2D eigenvalue weighted by molar-refractivity contribution is -0.137. The van der Waals surface area contributed by atoms with Crippen LogP contribution in [0, 0.1) is 6.92 Å². The molecule has 0 atom stereocenters. The van der Waals surface area contributed by atoms with E-state index in [0.29, 0.717) is 25.1 Å². The second kappa shape index (κ2) is 5.89. The first-order valence-corrected chi connectivity index (χ1v) is 5.11. The molecule has 0 aliphatic carbocycles. The molecule has 6 nitrogen and oxygen atoms in total. The maximum atomic E-state index is 11.4. The smallest absolute Gasteiger partial charge is 0.303 e. The number of aliphatic carboxylic acids is 1. The van der Waals surface area contributed by atoms with Gasteiger partial charge in [-0.15, -0.1) is 0 Å². The fourth-order valence-electron chi connectivity index (χ4n) is 1.24. The number of amides is 1. The van der Waals surface area contributed by atoms with Crippen molar-refractivity contribution in [3.8, 4) is 0 Å². The number of aromatic nitrogens is 2. The van der Waals surface area contributed by atoms with Crippen molar-refractivity contribution in [2.45, 2.75) is 32.6 Å². The van der Waals surface area contributed by atoms with Gasteiger partial charge >= 0.3 is 5.97 Å². The summed E-state index contributed by atoms with van der Waals surface area (Å²) in [7, 11) is 0. The second-order valence-electron chi connectivity index (χ2n) is 3.58. The number of nitrogens with one attached hydrogen (secondary N) is 2. The molecule has 1 rings (SSSR count). The molecule has 0 aliphatic heterocycles. The van der Waals surface area contributed by atoms with Gasteiger partial charge in [-0.2, -0.15) is 5.10 Å². The maximum absolute atomic E-state index is 11.4. The molecule has 0 aliphatic rings. The van der Waals surface area contributed by atoms with Crippen LogP contribution in [0.25, 0.3) is 0 Å². The van der Waals surface area contributed by atoms with Crippen molar-refractivity contribution in [1.82, 2.24) is 10.2 Å². The molecule has 3 N–H and O–H groups in total. The summed E-state index contributed by atoms with van der Waals surface area (Å²) >= 11 is 0. The fraction of sp³-hybridized carbons (Fsp3) is 0.500. The molecule has 1 amide bonds. The van der Waals surface area contributed by atoms with E-state index < -0.39 is 5.97 Å². The minimum absolute atomic E-state index is 0.108. The highest BCUT2D eigenvalue weighted by Gasteiger charge is 2.06. The van der Waals surface area contributed by atoms with E-state index in [1.165, 1.54) is 0 Å². The molecule has 16 heavy (non-hydrogen) atoms. The number of carboxylic acid groups (broad SMARTS) is 1. The quantitative estimate of drug-likeness (QED) is 0.636. The Hall–Kier alpha value is -1.85. The Morgan fingerprint density at radius 1 is 1.44 bits per heavy atom. The Morgan fingerprint density at radius 3 is 2.69 bits per heavy atom. The van der Waals surface area contributed by atoms with Gasteiger partial charge in [0, 0.05) is 18.4 Å². The van der Waals surface area contributed by atoms with Crippen LogP contribution < -0.4 is 5.32 Å². The van der Waals surface area contributed by atoms with Gasteiger partial charge in [-0.3, -0.25) is 14.7 Å². The number of H-pyrrole nitrogens is 1. The molecular formula is C10H15N3O3. The van der Waals surface area contributed by atoms with E-state index in [-0.39, 0.29) is 12.3 Å². The summed E-state index contributed by atoms with van der Waals surface area (Å²) in [5, 5.41) is 17.5. The van der Waals surface area contributed by atoms with E-state index in [1.54, 1.807) is 6.20 Å². The number of carboxylic acids is 1. The number of aromatic amines is 1. The molecule has 0 aromatic carbocycles.